The third kappa shape index (κ3) is 43.4. The van der Waals surface area contributed by atoms with Gasteiger partial charge in [-0.1, -0.05) is 25.3 Å². The normalized spacial score (nSPS) is 12.3. The van der Waals surface area contributed by atoms with Crippen LogP contribution in [0, 0.1) is 0 Å². The molecule has 0 radical (unpaired) electrons. The maximum Gasteiger partial charge on any atom is 0.253 e. The lowest BCUT2D eigenvalue weighted by Gasteiger charge is -2.12. The lowest BCUT2D eigenvalue weighted by molar-refractivity contribution is -0.139. The van der Waals surface area contributed by atoms with Crippen LogP contribution >= 0.6 is 60.3 Å². The summed E-state index contributed by atoms with van der Waals surface area (Å²) in [5, 5.41) is 2.51. The van der Waals surface area contributed by atoms with E-state index < -0.39 is 0 Å². The van der Waals surface area contributed by atoms with E-state index >= 15 is 0 Å². The van der Waals surface area contributed by atoms with Crippen molar-refractivity contribution in [1.29, 1.82) is 0 Å². The number of hydrogen-bond donors (Lipinski definition) is 2. The van der Waals surface area contributed by atoms with Crippen molar-refractivity contribution in [3.8, 4) is 0 Å². The van der Waals surface area contributed by atoms with Crippen molar-refractivity contribution in [3.05, 3.63) is 24.3 Å². The Kier molecular flexibility index (Phi) is 53.9. The smallest absolute Gasteiger partial charge is 0.253 e. The topological polar surface area (TPSA) is 236 Å². The van der Waals surface area contributed by atoms with Crippen LogP contribution in [0.3, 0.4) is 0 Å². The Balaban J connectivity index is -0.000000458. The molecule has 0 spiro atoms. The molecule has 2 rings (SSSR count). The molecular weight excluding hydrogens is 1080 g/mol. The fourth-order valence-corrected chi connectivity index (χ4v) is 4.36. The van der Waals surface area contributed by atoms with E-state index in [4.69, 9.17) is 28.4 Å². The minimum atomic E-state index is -0.368. The number of Topliss-reactive ketones (excluding diaryl/α,β-unsaturated/α-hetero) is 3. The number of amides is 5. The van der Waals surface area contributed by atoms with Crippen LogP contribution in [0.4, 0.5) is 0 Å². The molecule has 0 unspecified atom stereocenters. The summed E-state index contributed by atoms with van der Waals surface area (Å²) in [6, 6.07) is 0. The van der Waals surface area contributed by atoms with Crippen LogP contribution in [0.2, 0.25) is 0 Å². The van der Waals surface area contributed by atoms with E-state index in [-0.39, 0.29) is 80.2 Å². The standard InChI is InChI=1S/C18H28N2O7.C18H27NO7.2CH3IS.CH5N.CH4/c1-19-16(22)7-10-26-12-14-27-13-11-25-9-2-3-15(21)6-8-20-17(23)4-5-18(20)24;1-15(20)7-10-25-12-14-26-13-11-24-9-2-3-16(21)6-8-19-17(22)4-5-18(19)23;2*1-3-2;1-2;/h4-5H,2-3,6-14H2,1H3,(H,19,22);4-5H,2-3,6-14H2,1H3;2*1H3;2H2,1H3;1H4. The first-order valence-electron chi connectivity index (χ1n) is 19.5. The van der Waals surface area contributed by atoms with E-state index in [2.05, 4.69) is 53.5 Å². The summed E-state index contributed by atoms with van der Waals surface area (Å²) >= 11 is 4.41. The van der Waals surface area contributed by atoms with E-state index in [9.17, 15) is 38.4 Å². The highest BCUT2D eigenvalue weighted by Crippen LogP contribution is 2.07. The predicted molar refractivity (Wildman–Crippen MR) is 260 cm³/mol. The number of carbonyl (C=O) groups excluding carboxylic acids is 8. The molecule has 0 aliphatic carbocycles. The van der Waals surface area contributed by atoms with E-state index in [1.165, 1.54) is 38.3 Å². The van der Waals surface area contributed by atoms with Crippen molar-refractivity contribution in [2.24, 2.45) is 5.73 Å². The summed E-state index contributed by atoms with van der Waals surface area (Å²) in [5.41, 5.74) is 4.50. The Bertz CT molecular complexity index is 1260. The summed E-state index contributed by atoms with van der Waals surface area (Å²) < 4.78 is 31.8. The Morgan fingerprint density at radius 1 is 0.532 bits per heavy atom. The van der Waals surface area contributed by atoms with Crippen molar-refractivity contribution < 1.29 is 66.8 Å². The molecule has 2 aliphatic heterocycles. The molecule has 0 saturated carbocycles. The third-order valence-electron chi connectivity index (χ3n) is 7.36. The number of nitrogens with two attached hydrogens (primary N) is 1. The Labute approximate surface area is 401 Å². The minimum absolute atomic E-state index is 0. The number of ether oxygens (including phenoxy) is 6. The molecule has 0 aromatic rings. The number of rotatable bonds is 32. The maximum absolute atomic E-state index is 11.7. The van der Waals surface area contributed by atoms with Gasteiger partial charge in [-0.2, -0.15) is 0 Å². The fourth-order valence-electron chi connectivity index (χ4n) is 4.36. The van der Waals surface area contributed by atoms with Gasteiger partial charge >= 0.3 is 0 Å². The molecule has 0 atom stereocenters. The van der Waals surface area contributed by atoms with Crippen LogP contribution in [0.5, 0.6) is 0 Å². The van der Waals surface area contributed by atoms with Crippen molar-refractivity contribution in [2.75, 3.05) is 119 Å². The zero-order chi connectivity index (χ0) is 46.5. The molecule has 0 fully saturated rings. The van der Waals surface area contributed by atoms with Gasteiger partial charge in [0.05, 0.1) is 66.1 Å². The van der Waals surface area contributed by atoms with Crippen molar-refractivity contribution in [3.63, 3.8) is 0 Å². The molecule has 22 heteroatoms. The molecule has 62 heavy (non-hydrogen) atoms. The molecule has 0 aromatic carbocycles. The molecule has 2 aliphatic rings. The van der Waals surface area contributed by atoms with Crippen LogP contribution in [-0.4, -0.2) is 176 Å². The van der Waals surface area contributed by atoms with Gasteiger partial charge in [-0.15, -0.1) is 0 Å². The minimum Gasteiger partial charge on any atom is -0.379 e. The van der Waals surface area contributed by atoms with Crippen LogP contribution in [0.1, 0.15) is 65.7 Å². The molecule has 5 amide bonds. The third-order valence-corrected chi connectivity index (χ3v) is 7.36. The first kappa shape index (κ1) is 66.7. The molecule has 2 heterocycles. The molecule has 3 N–H and O–H groups in total. The molecule has 0 aromatic heterocycles. The first-order chi connectivity index (χ1) is 29.4. The number of halogens is 2. The highest BCUT2D eigenvalue weighted by atomic mass is 127. The van der Waals surface area contributed by atoms with Gasteiger partial charge in [0, 0.05) is 96.2 Å². The van der Waals surface area contributed by atoms with E-state index in [0.29, 0.717) is 118 Å². The van der Waals surface area contributed by atoms with E-state index in [0.717, 1.165) is 9.80 Å². The lowest BCUT2D eigenvalue weighted by atomic mass is 10.1. The van der Waals surface area contributed by atoms with Gasteiger partial charge < -0.3 is 39.5 Å². The van der Waals surface area contributed by atoms with Crippen LogP contribution in [-0.2, 0) is 66.8 Å². The zero-order valence-electron chi connectivity index (χ0n) is 36.1. The number of ketones is 3. The molecular formula is C40H70I2N4O14S2. The number of hydrogen-bond acceptors (Lipinski definition) is 17. The second kappa shape index (κ2) is 50.1. The van der Waals surface area contributed by atoms with Crippen molar-refractivity contribution in [2.45, 2.75) is 65.7 Å². The van der Waals surface area contributed by atoms with E-state index in [1.54, 1.807) is 24.9 Å². The van der Waals surface area contributed by atoms with Gasteiger partial charge in [0.2, 0.25) is 5.91 Å². The second-order valence-corrected chi connectivity index (χ2v) is 17.9. The van der Waals surface area contributed by atoms with Crippen LogP contribution in [0.15, 0.2) is 24.3 Å². The molecule has 18 nitrogen and oxygen atoms in total. The highest BCUT2D eigenvalue weighted by molar-refractivity contribution is 14.2. The second-order valence-electron chi connectivity index (χ2n) is 12.0. The highest BCUT2D eigenvalue weighted by Gasteiger charge is 2.24. The number of imide groups is 2. The monoisotopic (exact) mass is 1150 g/mol. The van der Waals surface area contributed by atoms with Gasteiger partial charge in [0.25, 0.3) is 23.6 Å². The Hall–Kier alpha value is -1.88. The summed E-state index contributed by atoms with van der Waals surface area (Å²) in [7, 11) is 6.52. The SMILES string of the molecule is C.CC(=O)CCOCCOCCOCCCC(=O)CCN1C(=O)C=CC1=O.CN.CNC(=O)CCOCCOCCOCCCC(=O)CCN1C(=O)C=CC1=O.CSI.CSI. The summed E-state index contributed by atoms with van der Waals surface area (Å²) in [6.45, 7) is 6.93. The maximum atomic E-state index is 11.7. The van der Waals surface area contributed by atoms with Gasteiger partial charge in [-0.25, -0.2) is 0 Å². The van der Waals surface area contributed by atoms with Crippen LogP contribution < -0.4 is 11.1 Å². The zero-order valence-corrected chi connectivity index (χ0v) is 42.1. The molecule has 0 bridgehead atoms. The van der Waals surface area contributed by atoms with Gasteiger partial charge in [-0.3, -0.25) is 48.2 Å². The van der Waals surface area contributed by atoms with Crippen molar-refractivity contribution >= 4 is 107 Å². The number of nitrogens with one attached hydrogen (secondary N) is 1. The van der Waals surface area contributed by atoms with Crippen LogP contribution in [0.25, 0.3) is 0 Å². The molecule has 0 saturated heterocycles. The largest absolute Gasteiger partial charge is 0.379 e. The Morgan fingerprint density at radius 3 is 1.10 bits per heavy atom. The van der Waals surface area contributed by atoms with Gasteiger partial charge in [0.15, 0.2) is 0 Å². The number of nitrogens with zero attached hydrogens (tertiary/aromatic N) is 2. The van der Waals surface area contributed by atoms with Gasteiger partial charge in [-0.05, 0) is 81.7 Å². The quantitative estimate of drug-likeness (QED) is 0.0547. The lowest BCUT2D eigenvalue weighted by Crippen LogP contribution is -2.32. The van der Waals surface area contributed by atoms with Gasteiger partial charge in [0.1, 0.15) is 17.3 Å². The molecule has 360 valence electrons. The Morgan fingerprint density at radius 2 is 0.806 bits per heavy atom. The summed E-state index contributed by atoms with van der Waals surface area (Å²) in [6.07, 6.45) is 11.9. The first-order valence-corrected chi connectivity index (χ1v) is 27.1. The van der Waals surface area contributed by atoms with Crippen molar-refractivity contribution in [1.82, 2.24) is 15.1 Å². The average molecular weight is 1150 g/mol. The van der Waals surface area contributed by atoms with E-state index in [1.807, 2.05) is 12.5 Å². The summed E-state index contributed by atoms with van der Waals surface area (Å²) in [5.74, 6) is -1.42. The fraction of sp³-hybridized carbons (Fsp3) is 0.700. The predicted octanol–water partition coefficient (Wildman–Crippen LogP) is 4.13. The number of carbonyl (C=O) groups is 8. The summed E-state index contributed by atoms with van der Waals surface area (Å²) in [4.78, 5) is 92.6. The average Bonchev–Trinajstić information content (AvgIpc) is 3.74.